The van der Waals surface area contributed by atoms with Crippen LogP contribution >= 0.6 is 0 Å². The Morgan fingerprint density at radius 1 is 1.21 bits per heavy atom. The second kappa shape index (κ2) is 7.63. The van der Waals surface area contributed by atoms with Crippen LogP contribution in [0, 0.1) is 0 Å². The molecule has 2 aromatic heterocycles. The summed E-state index contributed by atoms with van der Waals surface area (Å²) in [5.74, 6) is 1.73. The number of hydrogen-bond donors (Lipinski definition) is 2. The van der Waals surface area contributed by atoms with Crippen LogP contribution in [0.5, 0.6) is 11.8 Å². The molecule has 0 radical (unpaired) electrons. The van der Waals surface area contributed by atoms with Gasteiger partial charge in [-0.3, -0.25) is 0 Å². The van der Waals surface area contributed by atoms with Gasteiger partial charge in [0.25, 0.3) is 0 Å². The van der Waals surface area contributed by atoms with Gasteiger partial charge in [0.05, 0.1) is 19.3 Å². The Balaban J connectivity index is 1.69. The van der Waals surface area contributed by atoms with Crippen LogP contribution in [-0.4, -0.2) is 45.9 Å². The first-order chi connectivity index (χ1) is 13.5. The molecule has 1 aromatic carbocycles. The predicted octanol–water partition coefficient (Wildman–Crippen LogP) is 2.78. The molecule has 28 heavy (non-hydrogen) atoms. The van der Waals surface area contributed by atoms with E-state index >= 15 is 0 Å². The molecule has 4 rings (SSSR count). The van der Waals surface area contributed by atoms with E-state index in [-0.39, 0.29) is 12.1 Å². The fourth-order valence-electron chi connectivity index (χ4n) is 3.11. The first-order valence-corrected chi connectivity index (χ1v) is 9.58. The van der Waals surface area contributed by atoms with Crippen molar-refractivity contribution in [1.29, 1.82) is 0 Å². The average molecular weight is 382 g/mol. The summed E-state index contributed by atoms with van der Waals surface area (Å²) < 4.78 is 13.0. The maximum Gasteiger partial charge on any atom is 0.322 e. The highest BCUT2D eigenvalue weighted by molar-refractivity contribution is 5.53. The summed E-state index contributed by atoms with van der Waals surface area (Å²) in [7, 11) is 1.67. The van der Waals surface area contributed by atoms with Gasteiger partial charge in [0.1, 0.15) is 11.9 Å². The van der Waals surface area contributed by atoms with Gasteiger partial charge in [0, 0.05) is 18.7 Å². The highest BCUT2D eigenvalue weighted by atomic mass is 16.5. The fraction of sp³-hybridized carbons (Fsp3) is 0.450. The molecule has 1 aliphatic rings. The minimum Gasteiger partial charge on any atom is -0.497 e. The summed E-state index contributed by atoms with van der Waals surface area (Å²) in [6, 6.07) is 8.35. The Morgan fingerprint density at radius 2 is 2.04 bits per heavy atom. The molecule has 3 heterocycles. The second-order valence-electron chi connectivity index (χ2n) is 7.36. The average Bonchev–Trinajstić information content (AvgIpc) is 3.09. The largest absolute Gasteiger partial charge is 0.497 e. The molecule has 0 saturated carbocycles. The van der Waals surface area contributed by atoms with Crippen LogP contribution in [0.4, 0.5) is 5.95 Å². The normalized spacial score (nSPS) is 15.5. The zero-order chi connectivity index (χ0) is 19.7. The summed E-state index contributed by atoms with van der Waals surface area (Å²) in [5.41, 5.74) is 2.93. The van der Waals surface area contributed by atoms with Gasteiger partial charge >= 0.3 is 6.01 Å². The van der Waals surface area contributed by atoms with Gasteiger partial charge in [0.15, 0.2) is 5.65 Å². The van der Waals surface area contributed by atoms with Gasteiger partial charge in [-0.05, 0) is 30.5 Å². The summed E-state index contributed by atoms with van der Waals surface area (Å²) >= 11 is 0. The Bertz CT molecular complexity index is 966. The van der Waals surface area contributed by atoms with Crippen LogP contribution < -0.4 is 20.1 Å². The Hall–Kier alpha value is -2.87. The summed E-state index contributed by atoms with van der Waals surface area (Å²) in [6.45, 7) is 7.95. The molecular formula is C20H26N6O2. The molecule has 1 aliphatic heterocycles. The van der Waals surface area contributed by atoms with E-state index in [0.29, 0.717) is 17.9 Å². The molecule has 0 bridgehead atoms. The van der Waals surface area contributed by atoms with E-state index in [9.17, 15) is 0 Å². The minimum atomic E-state index is -0.00174. The first-order valence-electron chi connectivity index (χ1n) is 9.58. The van der Waals surface area contributed by atoms with Crippen LogP contribution in [0.3, 0.4) is 0 Å². The summed E-state index contributed by atoms with van der Waals surface area (Å²) in [6.07, 6.45) is 1.96. The number of rotatable bonds is 7. The Morgan fingerprint density at radius 3 is 2.71 bits per heavy atom. The lowest BCUT2D eigenvalue weighted by Gasteiger charge is -2.27. The van der Waals surface area contributed by atoms with Gasteiger partial charge in [-0.2, -0.15) is 19.6 Å². The number of anilines is 1. The van der Waals surface area contributed by atoms with Crippen LogP contribution in [0.25, 0.3) is 5.65 Å². The van der Waals surface area contributed by atoms with E-state index in [4.69, 9.17) is 9.47 Å². The molecule has 0 spiro atoms. The smallest absolute Gasteiger partial charge is 0.322 e. The molecule has 1 saturated heterocycles. The number of methoxy groups -OCH3 is 1. The Labute approximate surface area is 164 Å². The van der Waals surface area contributed by atoms with Crippen LogP contribution in [0.15, 0.2) is 30.5 Å². The van der Waals surface area contributed by atoms with Crippen molar-refractivity contribution in [2.45, 2.75) is 38.8 Å². The third-order valence-electron chi connectivity index (χ3n) is 4.95. The number of nitrogens with zero attached hydrogens (tertiary/aromatic N) is 4. The van der Waals surface area contributed by atoms with Crippen molar-refractivity contribution in [3.8, 4) is 11.8 Å². The number of benzene rings is 1. The molecule has 3 aromatic rings. The molecule has 0 aliphatic carbocycles. The van der Waals surface area contributed by atoms with E-state index in [1.807, 2.05) is 24.4 Å². The van der Waals surface area contributed by atoms with Crippen molar-refractivity contribution in [3.05, 3.63) is 41.6 Å². The fourth-order valence-corrected chi connectivity index (χ4v) is 3.11. The Kier molecular flexibility index (Phi) is 5.04. The quantitative estimate of drug-likeness (QED) is 0.650. The van der Waals surface area contributed by atoms with E-state index in [2.05, 4.69) is 52.5 Å². The highest BCUT2D eigenvalue weighted by Gasteiger charge is 2.22. The second-order valence-corrected chi connectivity index (χ2v) is 7.36. The van der Waals surface area contributed by atoms with Crippen molar-refractivity contribution in [2.24, 2.45) is 0 Å². The summed E-state index contributed by atoms with van der Waals surface area (Å²) in [5, 5.41) is 11.2. The molecule has 8 nitrogen and oxygen atoms in total. The van der Waals surface area contributed by atoms with Crippen molar-refractivity contribution < 1.29 is 9.47 Å². The van der Waals surface area contributed by atoms with Crippen molar-refractivity contribution in [2.75, 3.05) is 25.5 Å². The zero-order valence-electron chi connectivity index (χ0n) is 16.6. The topological polar surface area (TPSA) is 85.6 Å². The molecule has 1 fully saturated rings. The van der Waals surface area contributed by atoms with Gasteiger partial charge in [0.2, 0.25) is 5.95 Å². The van der Waals surface area contributed by atoms with Crippen LogP contribution in [-0.2, 0) is 0 Å². The van der Waals surface area contributed by atoms with Crippen molar-refractivity contribution in [3.63, 3.8) is 0 Å². The molecule has 0 amide bonds. The van der Waals surface area contributed by atoms with Crippen LogP contribution in [0.1, 0.15) is 43.9 Å². The number of nitrogens with one attached hydrogen (secondary N) is 2. The van der Waals surface area contributed by atoms with Gasteiger partial charge in [-0.15, -0.1) is 0 Å². The zero-order valence-corrected chi connectivity index (χ0v) is 16.6. The highest BCUT2D eigenvalue weighted by Crippen LogP contribution is 2.26. The lowest BCUT2D eigenvalue weighted by atomic mass is 10.1. The molecule has 1 atom stereocenters. The predicted molar refractivity (Wildman–Crippen MR) is 107 cm³/mol. The molecule has 0 unspecified atom stereocenters. The van der Waals surface area contributed by atoms with Crippen molar-refractivity contribution in [1.82, 2.24) is 24.9 Å². The SMILES string of the molecule is COc1cccc([C@H](C)Nc2nc(OC3CNC3)nc3c(C(C)C)cnn23)c1. The third-order valence-corrected chi connectivity index (χ3v) is 4.95. The van der Waals surface area contributed by atoms with Gasteiger partial charge < -0.3 is 20.1 Å². The number of fused-ring (bicyclic) bond motifs is 1. The van der Waals surface area contributed by atoms with E-state index < -0.39 is 0 Å². The third kappa shape index (κ3) is 3.60. The van der Waals surface area contributed by atoms with Crippen molar-refractivity contribution >= 4 is 11.6 Å². The van der Waals surface area contributed by atoms with E-state index in [1.54, 1.807) is 11.6 Å². The number of ether oxygens (including phenoxy) is 2. The maximum absolute atomic E-state index is 5.94. The maximum atomic E-state index is 5.94. The van der Waals surface area contributed by atoms with Crippen LogP contribution in [0.2, 0.25) is 0 Å². The summed E-state index contributed by atoms with van der Waals surface area (Å²) in [4.78, 5) is 9.23. The van der Waals surface area contributed by atoms with Gasteiger partial charge in [-0.1, -0.05) is 26.0 Å². The standard InChI is InChI=1S/C20H26N6O2/c1-12(2)17-11-22-26-18(17)24-20(28-16-9-21-10-16)25-19(26)23-13(3)14-6-5-7-15(8-14)27-4/h5-8,11-13,16,21H,9-10H2,1-4H3,(H,23,24,25)/t13-/m0/s1. The molecule has 148 valence electrons. The molecule has 8 heteroatoms. The monoisotopic (exact) mass is 382 g/mol. The van der Waals surface area contributed by atoms with E-state index in [1.165, 1.54) is 0 Å². The molecule has 2 N–H and O–H groups in total. The lowest BCUT2D eigenvalue weighted by molar-refractivity contribution is 0.130. The minimum absolute atomic E-state index is 0.00174. The number of hydrogen-bond acceptors (Lipinski definition) is 7. The first kappa shape index (κ1) is 18.5. The van der Waals surface area contributed by atoms with E-state index in [0.717, 1.165) is 35.6 Å². The lowest BCUT2D eigenvalue weighted by Crippen LogP contribution is -2.50. The van der Waals surface area contributed by atoms with Gasteiger partial charge in [-0.25, -0.2) is 0 Å². The molecular weight excluding hydrogens is 356 g/mol. The number of aromatic nitrogens is 4.